The molecule has 2 aromatic rings. The summed E-state index contributed by atoms with van der Waals surface area (Å²) in [5.41, 5.74) is 0.563. The van der Waals surface area contributed by atoms with Crippen LogP contribution in [0.5, 0.6) is 0 Å². The van der Waals surface area contributed by atoms with E-state index in [9.17, 15) is 9.59 Å². The molecule has 0 aliphatic heterocycles. The molecule has 2 amide bonds. The Morgan fingerprint density at radius 2 is 1.96 bits per heavy atom. The van der Waals surface area contributed by atoms with E-state index in [1.54, 1.807) is 25.6 Å². The molecule has 0 aliphatic carbocycles. The standard InChI is InChI=1S/C16H20N4O3S2/c1-16(2,9-8-12(21)22)18-13(23)17-14-19-20-15(25-14)24-10-11-6-4-3-5-7-11/h3-7H,8-10H2,1-2H3,(H,21,22)(H2,17,18,19,23). The number of aromatic nitrogens is 2. The van der Waals surface area contributed by atoms with E-state index in [0.29, 0.717) is 11.6 Å². The molecular formula is C16H20N4O3S2. The van der Waals surface area contributed by atoms with Crippen molar-refractivity contribution in [3.63, 3.8) is 0 Å². The van der Waals surface area contributed by atoms with Gasteiger partial charge in [-0.25, -0.2) is 4.79 Å². The number of carboxylic acid groups (broad SMARTS) is 1. The quantitative estimate of drug-likeness (QED) is 0.477. The first-order valence-corrected chi connectivity index (χ1v) is 9.45. The third-order valence-electron chi connectivity index (χ3n) is 3.25. The van der Waals surface area contributed by atoms with E-state index in [1.165, 1.54) is 16.9 Å². The van der Waals surface area contributed by atoms with E-state index in [-0.39, 0.29) is 6.42 Å². The predicted octanol–water partition coefficient (Wildman–Crippen LogP) is 3.60. The maximum atomic E-state index is 12.0. The molecule has 1 heterocycles. The lowest BCUT2D eigenvalue weighted by molar-refractivity contribution is -0.137. The lowest BCUT2D eigenvalue weighted by Gasteiger charge is -2.25. The van der Waals surface area contributed by atoms with Crippen LogP contribution < -0.4 is 10.6 Å². The predicted molar refractivity (Wildman–Crippen MR) is 99.0 cm³/mol. The van der Waals surface area contributed by atoms with Gasteiger partial charge in [-0.3, -0.25) is 10.1 Å². The number of anilines is 1. The summed E-state index contributed by atoms with van der Waals surface area (Å²) in [4.78, 5) is 22.7. The number of aliphatic carboxylic acids is 1. The highest BCUT2D eigenvalue weighted by atomic mass is 32.2. The fourth-order valence-electron chi connectivity index (χ4n) is 1.96. The summed E-state index contributed by atoms with van der Waals surface area (Å²) in [6.07, 6.45) is 0.330. The molecule has 0 saturated carbocycles. The number of nitrogens with one attached hydrogen (secondary N) is 2. The van der Waals surface area contributed by atoms with Crippen molar-refractivity contribution < 1.29 is 14.7 Å². The van der Waals surface area contributed by atoms with Crippen molar-refractivity contribution in [3.05, 3.63) is 35.9 Å². The van der Waals surface area contributed by atoms with Crippen LogP contribution in [0.1, 0.15) is 32.3 Å². The molecule has 0 aliphatic rings. The summed E-state index contributed by atoms with van der Waals surface area (Å²) in [5, 5.41) is 22.5. The molecule has 1 aromatic carbocycles. The van der Waals surface area contributed by atoms with Crippen LogP contribution in [0.15, 0.2) is 34.7 Å². The van der Waals surface area contributed by atoms with E-state index < -0.39 is 17.5 Å². The maximum Gasteiger partial charge on any atom is 0.321 e. The Hall–Kier alpha value is -2.13. The van der Waals surface area contributed by atoms with E-state index in [4.69, 9.17) is 5.11 Å². The zero-order valence-corrected chi connectivity index (χ0v) is 15.6. The van der Waals surface area contributed by atoms with Gasteiger partial charge in [-0.2, -0.15) is 0 Å². The molecule has 25 heavy (non-hydrogen) atoms. The van der Waals surface area contributed by atoms with Crippen molar-refractivity contribution in [2.24, 2.45) is 0 Å². The van der Waals surface area contributed by atoms with Gasteiger partial charge in [0.25, 0.3) is 0 Å². The first-order valence-electron chi connectivity index (χ1n) is 7.65. The highest BCUT2D eigenvalue weighted by molar-refractivity contribution is 8.00. The summed E-state index contributed by atoms with van der Waals surface area (Å²) in [5.74, 6) is -0.108. The largest absolute Gasteiger partial charge is 0.481 e. The molecule has 134 valence electrons. The second kappa shape index (κ2) is 8.82. The van der Waals surface area contributed by atoms with Crippen LogP contribution in [0.2, 0.25) is 0 Å². The average Bonchev–Trinajstić information content (AvgIpc) is 2.99. The van der Waals surface area contributed by atoms with Crippen LogP contribution >= 0.6 is 23.1 Å². The molecule has 2 rings (SSSR count). The Bertz CT molecular complexity index is 719. The lowest BCUT2D eigenvalue weighted by atomic mass is 9.99. The Morgan fingerprint density at radius 1 is 1.24 bits per heavy atom. The van der Waals surface area contributed by atoms with Crippen LogP contribution in [-0.2, 0) is 10.5 Å². The van der Waals surface area contributed by atoms with Crippen LogP contribution in [0.4, 0.5) is 9.93 Å². The van der Waals surface area contributed by atoms with Gasteiger partial charge in [0, 0.05) is 17.7 Å². The van der Waals surface area contributed by atoms with Gasteiger partial charge < -0.3 is 10.4 Å². The van der Waals surface area contributed by atoms with Crippen LogP contribution in [0, 0.1) is 0 Å². The molecule has 0 radical (unpaired) electrons. The van der Waals surface area contributed by atoms with E-state index in [0.717, 1.165) is 10.1 Å². The number of carbonyl (C=O) groups excluding carboxylic acids is 1. The number of amides is 2. The summed E-state index contributed by atoms with van der Waals surface area (Å²) in [6, 6.07) is 9.60. The summed E-state index contributed by atoms with van der Waals surface area (Å²) < 4.78 is 0.768. The van der Waals surface area contributed by atoms with Crippen LogP contribution in [0.3, 0.4) is 0 Å². The highest BCUT2D eigenvalue weighted by Crippen LogP contribution is 2.28. The van der Waals surface area contributed by atoms with Gasteiger partial charge >= 0.3 is 12.0 Å². The monoisotopic (exact) mass is 380 g/mol. The minimum Gasteiger partial charge on any atom is -0.481 e. The van der Waals surface area contributed by atoms with Crippen molar-refractivity contribution in [2.75, 3.05) is 5.32 Å². The number of carboxylic acids is 1. The zero-order valence-electron chi connectivity index (χ0n) is 14.0. The normalized spacial score (nSPS) is 11.1. The molecule has 1 aromatic heterocycles. The van der Waals surface area contributed by atoms with Crippen LogP contribution in [0.25, 0.3) is 0 Å². The Kier molecular flexibility index (Phi) is 6.77. The first kappa shape index (κ1) is 19.2. The second-order valence-electron chi connectivity index (χ2n) is 6.00. The summed E-state index contributed by atoms with van der Waals surface area (Å²) >= 11 is 2.85. The summed E-state index contributed by atoms with van der Waals surface area (Å²) in [7, 11) is 0. The third-order valence-corrected chi connectivity index (χ3v) is 5.29. The number of urea groups is 1. The second-order valence-corrected chi connectivity index (χ2v) is 8.20. The molecule has 0 bridgehead atoms. The molecule has 0 saturated heterocycles. The zero-order chi connectivity index (χ0) is 18.3. The Balaban J connectivity index is 1.81. The average molecular weight is 380 g/mol. The van der Waals surface area contributed by atoms with Crippen molar-refractivity contribution in [1.29, 1.82) is 0 Å². The van der Waals surface area contributed by atoms with Crippen molar-refractivity contribution in [1.82, 2.24) is 15.5 Å². The number of benzene rings is 1. The SMILES string of the molecule is CC(C)(CCC(=O)O)NC(=O)Nc1nnc(SCc2ccccc2)s1. The fraction of sp³-hybridized carbons (Fsp3) is 0.375. The van der Waals surface area contributed by atoms with E-state index in [1.807, 2.05) is 30.3 Å². The number of thioether (sulfide) groups is 1. The number of hydrogen-bond donors (Lipinski definition) is 3. The third kappa shape index (κ3) is 7.10. The van der Waals surface area contributed by atoms with Crippen molar-refractivity contribution in [3.8, 4) is 0 Å². The van der Waals surface area contributed by atoms with Crippen LogP contribution in [-0.4, -0.2) is 32.8 Å². The van der Waals surface area contributed by atoms with Gasteiger partial charge in [0.2, 0.25) is 5.13 Å². The summed E-state index contributed by atoms with van der Waals surface area (Å²) in [6.45, 7) is 3.55. The smallest absolute Gasteiger partial charge is 0.321 e. The van der Waals surface area contributed by atoms with Gasteiger partial charge in [0.15, 0.2) is 4.34 Å². The minimum atomic E-state index is -0.889. The van der Waals surface area contributed by atoms with E-state index in [2.05, 4.69) is 20.8 Å². The molecule has 7 nitrogen and oxygen atoms in total. The van der Waals surface area contributed by atoms with E-state index >= 15 is 0 Å². The van der Waals surface area contributed by atoms with Gasteiger partial charge in [-0.1, -0.05) is 53.4 Å². The highest BCUT2D eigenvalue weighted by Gasteiger charge is 2.22. The van der Waals surface area contributed by atoms with Crippen molar-refractivity contribution in [2.45, 2.75) is 42.3 Å². The minimum absolute atomic E-state index is 0.00758. The maximum absolute atomic E-state index is 12.0. The van der Waals surface area contributed by atoms with Crippen molar-refractivity contribution >= 4 is 40.2 Å². The number of hydrogen-bond acceptors (Lipinski definition) is 6. The van der Waals surface area contributed by atoms with Gasteiger partial charge in [-0.05, 0) is 25.8 Å². The molecule has 3 N–H and O–H groups in total. The molecule has 0 spiro atoms. The van der Waals surface area contributed by atoms with Gasteiger partial charge in [0.05, 0.1) is 0 Å². The molecular weight excluding hydrogens is 360 g/mol. The Morgan fingerprint density at radius 3 is 2.64 bits per heavy atom. The van der Waals surface area contributed by atoms with Gasteiger partial charge in [0.1, 0.15) is 0 Å². The number of nitrogens with zero attached hydrogens (tertiary/aromatic N) is 2. The number of carbonyl (C=O) groups is 2. The molecule has 9 heteroatoms. The molecule has 0 unspecified atom stereocenters. The topological polar surface area (TPSA) is 104 Å². The molecule has 0 atom stereocenters. The Labute approximate surface area is 154 Å². The van der Waals surface area contributed by atoms with Gasteiger partial charge in [-0.15, -0.1) is 10.2 Å². The lowest BCUT2D eigenvalue weighted by Crippen LogP contribution is -2.45. The fourth-order valence-corrected chi connectivity index (χ4v) is 3.66. The number of rotatable bonds is 8. The first-order chi connectivity index (χ1) is 11.8. The molecule has 0 fully saturated rings.